The number of aryl methyl sites for hydroxylation is 1. The van der Waals surface area contributed by atoms with Crippen LogP contribution in [0.5, 0.6) is 0 Å². The van der Waals surface area contributed by atoms with Gasteiger partial charge in [0, 0.05) is 25.8 Å². The van der Waals surface area contributed by atoms with Crippen molar-refractivity contribution in [1.82, 2.24) is 0 Å². The lowest BCUT2D eigenvalue weighted by Gasteiger charge is -2.20. The van der Waals surface area contributed by atoms with E-state index in [1.165, 1.54) is 0 Å². The summed E-state index contributed by atoms with van der Waals surface area (Å²) in [7, 11) is 1.54. The molecule has 1 amide bonds. The van der Waals surface area contributed by atoms with Gasteiger partial charge in [-0.3, -0.25) is 4.79 Å². The zero-order valence-electron chi connectivity index (χ0n) is 10.9. The molecular formula is C13H19N3O3. The number of carbonyl (C=O) groups excluding carboxylic acids is 1. The fourth-order valence-electron chi connectivity index (χ4n) is 2.08. The van der Waals surface area contributed by atoms with E-state index in [9.17, 15) is 9.90 Å². The first-order chi connectivity index (χ1) is 9.10. The normalized spacial score (nSPS) is 15.6. The maximum absolute atomic E-state index is 11.3. The Labute approximate surface area is 111 Å². The van der Waals surface area contributed by atoms with E-state index in [1.54, 1.807) is 13.2 Å². The van der Waals surface area contributed by atoms with Crippen LogP contribution in [0.1, 0.15) is 12.0 Å². The summed E-state index contributed by atoms with van der Waals surface area (Å²) in [6.07, 6.45) is 0.611. The highest BCUT2D eigenvalue weighted by molar-refractivity contribution is 5.95. The monoisotopic (exact) mass is 265 g/mol. The molecule has 1 unspecified atom stereocenters. The highest BCUT2D eigenvalue weighted by Crippen LogP contribution is 2.30. The molecule has 0 aromatic heterocycles. The van der Waals surface area contributed by atoms with Gasteiger partial charge in [-0.2, -0.15) is 0 Å². The van der Waals surface area contributed by atoms with E-state index in [2.05, 4.69) is 10.6 Å². The van der Waals surface area contributed by atoms with E-state index in [-0.39, 0.29) is 12.5 Å². The number of hydrogen-bond donors (Lipinski definition) is 4. The lowest BCUT2D eigenvalue weighted by atomic mass is 10.0. The molecule has 1 aliphatic heterocycles. The van der Waals surface area contributed by atoms with Crippen molar-refractivity contribution >= 4 is 23.0 Å². The highest BCUT2D eigenvalue weighted by atomic mass is 16.5. The molecule has 104 valence electrons. The van der Waals surface area contributed by atoms with Crippen molar-refractivity contribution in [2.24, 2.45) is 0 Å². The molecule has 0 saturated carbocycles. The summed E-state index contributed by atoms with van der Waals surface area (Å²) >= 11 is 0. The zero-order chi connectivity index (χ0) is 13.8. The van der Waals surface area contributed by atoms with Gasteiger partial charge in [-0.25, -0.2) is 0 Å². The lowest BCUT2D eigenvalue weighted by Crippen LogP contribution is -2.25. The van der Waals surface area contributed by atoms with E-state index in [0.29, 0.717) is 25.1 Å². The molecular weight excluding hydrogens is 246 g/mol. The molecule has 0 saturated heterocycles. The number of aliphatic hydroxyl groups excluding tert-OH is 1. The first-order valence-electron chi connectivity index (χ1n) is 6.23. The summed E-state index contributed by atoms with van der Waals surface area (Å²) in [5.41, 5.74) is 9.07. The average molecular weight is 265 g/mol. The predicted molar refractivity (Wildman–Crippen MR) is 74.2 cm³/mol. The molecule has 0 spiro atoms. The predicted octanol–water partition coefficient (Wildman–Crippen LogP) is 0.573. The molecule has 0 aliphatic carbocycles. The van der Waals surface area contributed by atoms with Crippen LogP contribution >= 0.6 is 0 Å². The molecule has 19 heavy (non-hydrogen) atoms. The van der Waals surface area contributed by atoms with Crippen LogP contribution in [0.3, 0.4) is 0 Å². The summed E-state index contributed by atoms with van der Waals surface area (Å²) in [4.78, 5) is 11.3. The second-order valence-corrected chi connectivity index (χ2v) is 4.63. The third-order valence-corrected chi connectivity index (χ3v) is 3.06. The van der Waals surface area contributed by atoms with Crippen molar-refractivity contribution in [2.75, 3.05) is 36.6 Å². The van der Waals surface area contributed by atoms with Gasteiger partial charge >= 0.3 is 0 Å². The first kappa shape index (κ1) is 13.6. The number of hydrogen-bond acceptors (Lipinski definition) is 5. The molecule has 1 aliphatic rings. The van der Waals surface area contributed by atoms with Gasteiger partial charge in [-0.1, -0.05) is 0 Å². The zero-order valence-corrected chi connectivity index (χ0v) is 10.9. The molecule has 1 atom stereocenters. The van der Waals surface area contributed by atoms with Crippen LogP contribution in [-0.2, 0) is 16.0 Å². The van der Waals surface area contributed by atoms with Crippen LogP contribution in [0.4, 0.5) is 17.1 Å². The summed E-state index contributed by atoms with van der Waals surface area (Å²) in [5, 5.41) is 15.5. The van der Waals surface area contributed by atoms with Crippen molar-refractivity contribution in [3.05, 3.63) is 17.7 Å². The average Bonchev–Trinajstić information content (AvgIpc) is 2.36. The molecule has 6 nitrogen and oxygen atoms in total. The number of nitrogen functional groups attached to an aromatic ring is 1. The molecule has 0 bridgehead atoms. The Morgan fingerprint density at radius 2 is 2.32 bits per heavy atom. The standard InChI is InChI=1S/C13H19N3O3/c1-19-7-9(17)6-15-12-4-8-2-3-13(18)16-11(8)5-10(12)14/h4-5,9,15,17H,2-3,6-7,14H2,1H3,(H,16,18). The van der Waals surface area contributed by atoms with Crippen molar-refractivity contribution in [2.45, 2.75) is 18.9 Å². The quantitative estimate of drug-likeness (QED) is 0.584. The van der Waals surface area contributed by atoms with E-state index in [1.807, 2.05) is 6.07 Å². The number of benzene rings is 1. The number of ether oxygens (including phenoxy) is 1. The molecule has 2 rings (SSSR count). The Morgan fingerprint density at radius 1 is 1.53 bits per heavy atom. The number of methoxy groups -OCH3 is 1. The van der Waals surface area contributed by atoms with E-state index in [0.717, 1.165) is 16.9 Å². The first-order valence-corrected chi connectivity index (χ1v) is 6.23. The third-order valence-electron chi connectivity index (χ3n) is 3.06. The van der Waals surface area contributed by atoms with Crippen molar-refractivity contribution < 1.29 is 14.6 Å². The number of amides is 1. The van der Waals surface area contributed by atoms with Crippen LogP contribution in [0.25, 0.3) is 0 Å². The van der Waals surface area contributed by atoms with Crippen LogP contribution in [0.2, 0.25) is 0 Å². The van der Waals surface area contributed by atoms with E-state index < -0.39 is 6.10 Å². The number of anilines is 3. The largest absolute Gasteiger partial charge is 0.397 e. The minimum Gasteiger partial charge on any atom is -0.397 e. The van der Waals surface area contributed by atoms with Gasteiger partial charge in [0.15, 0.2) is 0 Å². The van der Waals surface area contributed by atoms with Crippen molar-refractivity contribution in [3.63, 3.8) is 0 Å². The Hall–Kier alpha value is -1.79. The molecule has 1 heterocycles. The van der Waals surface area contributed by atoms with Crippen LogP contribution < -0.4 is 16.4 Å². The Kier molecular flexibility index (Phi) is 4.24. The number of fused-ring (bicyclic) bond motifs is 1. The minimum absolute atomic E-state index is 0.0168. The van der Waals surface area contributed by atoms with E-state index >= 15 is 0 Å². The summed E-state index contributed by atoms with van der Waals surface area (Å²) < 4.78 is 4.86. The fourth-order valence-corrected chi connectivity index (χ4v) is 2.08. The number of rotatable bonds is 5. The Balaban J connectivity index is 2.07. The smallest absolute Gasteiger partial charge is 0.224 e. The lowest BCUT2D eigenvalue weighted by molar-refractivity contribution is -0.116. The van der Waals surface area contributed by atoms with Gasteiger partial charge in [0.1, 0.15) is 0 Å². The summed E-state index contributed by atoms with van der Waals surface area (Å²) in [5.74, 6) is 0.0168. The Morgan fingerprint density at radius 3 is 3.05 bits per heavy atom. The van der Waals surface area contributed by atoms with Gasteiger partial charge in [-0.15, -0.1) is 0 Å². The summed E-state index contributed by atoms with van der Waals surface area (Å²) in [6.45, 7) is 0.636. The topological polar surface area (TPSA) is 96.6 Å². The van der Waals surface area contributed by atoms with Gasteiger partial charge in [-0.05, 0) is 24.1 Å². The minimum atomic E-state index is -0.583. The van der Waals surface area contributed by atoms with E-state index in [4.69, 9.17) is 10.5 Å². The van der Waals surface area contributed by atoms with Gasteiger partial charge in [0.05, 0.1) is 24.1 Å². The highest BCUT2D eigenvalue weighted by Gasteiger charge is 2.16. The van der Waals surface area contributed by atoms with Crippen LogP contribution in [-0.4, -0.2) is 37.4 Å². The third kappa shape index (κ3) is 3.36. The molecule has 0 fully saturated rings. The fraction of sp³-hybridized carbons (Fsp3) is 0.462. The van der Waals surface area contributed by atoms with Crippen molar-refractivity contribution in [3.8, 4) is 0 Å². The maximum atomic E-state index is 11.3. The van der Waals surface area contributed by atoms with Gasteiger partial charge < -0.3 is 26.2 Å². The number of nitrogens with one attached hydrogen (secondary N) is 2. The molecule has 5 N–H and O–H groups in total. The van der Waals surface area contributed by atoms with Crippen LogP contribution in [0.15, 0.2) is 12.1 Å². The molecule has 1 aromatic carbocycles. The number of carbonyl (C=O) groups is 1. The second-order valence-electron chi connectivity index (χ2n) is 4.63. The molecule has 1 aromatic rings. The number of nitrogens with two attached hydrogens (primary N) is 1. The SMILES string of the molecule is COCC(O)CNc1cc2c(cc1N)NC(=O)CC2. The number of aliphatic hydroxyl groups is 1. The summed E-state index contributed by atoms with van der Waals surface area (Å²) in [6, 6.07) is 3.67. The van der Waals surface area contributed by atoms with Gasteiger partial charge in [0.2, 0.25) is 5.91 Å². The van der Waals surface area contributed by atoms with Crippen LogP contribution in [0, 0.1) is 0 Å². The Bertz CT molecular complexity index is 476. The molecule has 0 radical (unpaired) electrons. The van der Waals surface area contributed by atoms with Crippen molar-refractivity contribution in [1.29, 1.82) is 0 Å². The van der Waals surface area contributed by atoms with Gasteiger partial charge in [0.25, 0.3) is 0 Å². The molecule has 6 heteroatoms. The second kappa shape index (κ2) is 5.90. The maximum Gasteiger partial charge on any atom is 0.224 e.